The maximum absolute atomic E-state index is 11.6. The quantitative estimate of drug-likeness (QED) is 0.754. The van der Waals surface area contributed by atoms with Crippen molar-refractivity contribution in [3.05, 3.63) is 12.3 Å². The Labute approximate surface area is 88.8 Å². The summed E-state index contributed by atoms with van der Waals surface area (Å²) >= 11 is 0. The monoisotopic (exact) mass is 208 g/mol. The van der Waals surface area contributed by atoms with E-state index >= 15 is 0 Å². The second-order valence-electron chi connectivity index (χ2n) is 3.99. The molecule has 1 saturated heterocycles. The summed E-state index contributed by atoms with van der Waals surface area (Å²) in [6, 6.07) is 1.80. The van der Waals surface area contributed by atoms with Gasteiger partial charge in [-0.25, -0.2) is 0 Å². The first-order valence-electron chi connectivity index (χ1n) is 5.24. The molecule has 1 aliphatic heterocycles. The van der Waals surface area contributed by atoms with Gasteiger partial charge in [0.1, 0.15) is 0 Å². The van der Waals surface area contributed by atoms with E-state index in [1.54, 1.807) is 10.7 Å². The van der Waals surface area contributed by atoms with Crippen LogP contribution in [0, 0.1) is 5.92 Å². The minimum absolute atomic E-state index is 0.0578. The number of rotatable bonds is 3. The van der Waals surface area contributed by atoms with Crippen molar-refractivity contribution in [1.29, 1.82) is 0 Å². The zero-order valence-corrected chi connectivity index (χ0v) is 8.86. The maximum Gasteiger partial charge on any atom is 0.225 e. The Morgan fingerprint density at radius 3 is 3.27 bits per heavy atom. The Hall–Kier alpha value is -1.36. The molecule has 1 atom stereocenters. The van der Waals surface area contributed by atoms with Crippen molar-refractivity contribution < 1.29 is 4.79 Å². The van der Waals surface area contributed by atoms with Crippen LogP contribution in [-0.4, -0.2) is 28.8 Å². The molecule has 0 aliphatic carbocycles. The first kappa shape index (κ1) is 10.2. The molecule has 0 aromatic carbocycles. The zero-order chi connectivity index (χ0) is 10.7. The summed E-state index contributed by atoms with van der Waals surface area (Å²) in [6.45, 7) is 1.98. The highest BCUT2D eigenvalue weighted by Crippen LogP contribution is 2.13. The van der Waals surface area contributed by atoms with Gasteiger partial charge in [-0.05, 0) is 25.4 Å². The second-order valence-corrected chi connectivity index (χ2v) is 3.99. The molecule has 82 valence electrons. The number of aryl methyl sites for hydroxylation is 1. The van der Waals surface area contributed by atoms with E-state index in [-0.39, 0.29) is 5.91 Å². The molecule has 1 aliphatic rings. The van der Waals surface area contributed by atoms with Crippen LogP contribution in [0.4, 0.5) is 5.82 Å². The largest absolute Gasteiger partial charge is 0.316 e. The molecule has 15 heavy (non-hydrogen) atoms. The average Bonchev–Trinajstić information content (AvgIpc) is 2.77. The summed E-state index contributed by atoms with van der Waals surface area (Å²) in [6.07, 6.45) is 3.49. The maximum atomic E-state index is 11.6. The highest BCUT2D eigenvalue weighted by molar-refractivity contribution is 5.89. The lowest BCUT2D eigenvalue weighted by Gasteiger charge is -2.06. The van der Waals surface area contributed by atoms with Crippen molar-refractivity contribution in [2.45, 2.75) is 12.8 Å². The highest BCUT2D eigenvalue weighted by Gasteiger charge is 2.18. The van der Waals surface area contributed by atoms with E-state index in [0.717, 1.165) is 19.5 Å². The second kappa shape index (κ2) is 4.44. The van der Waals surface area contributed by atoms with Crippen molar-refractivity contribution >= 4 is 11.7 Å². The standard InChI is InChI=1S/C10H16N4O/c1-14-5-3-9(13-14)12-10(15)6-8-2-4-11-7-8/h3,5,8,11H,2,4,6-7H2,1H3,(H,12,13,15). The Morgan fingerprint density at radius 2 is 2.67 bits per heavy atom. The fourth-order valence-electron chi connectivity index (χ4n) is 1.83. The van der Waals surface area contributed by atoms with Crippen LogP contribution in [0.1, 0.15) is 12.8 Å². The van der Waals surface area contributed by atoms with Gasteiger partial charge in [-0.1, -0.05) is 0 Å². The van der Waals surface area contributed by atoms with E-state index in [0.29, 0.717) is 18.2 Å². The number of hydrogen-bond donors (Lipinski definition) is 2. The van der Waals surface area contributed by atoms with Crippen molar-refractivity contribution in [3.8, 4) is 0 Å². The van der Waals surface area contributed by atoms with Crippen LogP contribution in [0.25, 0.3) is 0 Å². The van der Waals surface area contributed by atoms with Gasteiger partial charge in [0.2, 0.25) is 5.91 Å². The zero-order valence-electron chi connectivity index (χ0n) is 8.86. The van der Waals surface area contributed by atoms with Gasteiger partial charge in [0.05, 0.1) is 0 Å². The Morgan fingerprint density at radius 1 is 1.80 bits per heavy atom. The molecule has 0 radical (unpaired) electrons. The van der Waals surface area contributed by atoms with Crippen LogP contribution in [0.3, 0.4) is 0 Å². The Kier molecular flexibility index (Phi) is 3.01. The molecule has 0 bridgehead atoms. The molecular weight excluding hydrogens is 192 g/mol. The number of anilines is 1. The fraction of sp³-hybridized carbons (Fsp3) is 0.600. The Balaban J connectivity index is 1.81. The molecule has 0 spiro atoms. The average molecular weight is 208 g/mol. The first-order valence-corrected chi connectivity index (χ1v) is 5.24. The van der Waals surface area contributed by atoms with E-state index in [1.807, 2.05) is 13.2 Å². The molecule has 2 N–H and O–H groups in total. The number of aromatic nitrogens is 2. The molecule has 5 heteroatoms. The van der Waals surface area contributed by atoms with Crippen molar-refractivity contribution in [1.82, 2.24) is 15.1 Å². The molecule has 1 unspecified atom stereocenters. The number of nitrogens with one attached hydrogen (secondary N) is 2. The lowest BCUT2D eigenvalue weighted by molar-refractivity contribution is -0.117. The van der Waals surface area contributed by atoms with Gasteiger partial charge in [0.15, 0.2) is 5.82 Å². The van der Waals surface area contributed by atoms with E-state index in [4.69, 9.17) is 0 Å². The van der Waals surface area contributed by atoms with Gasteiger partial charge in [0.25, 0.3) is 0 Å². The van der Waals surface area contributed by atoms with Gasteiger partial charge in [-0.2, -0.15) is 5.10 Å². The van der Waals surface area contributed by atoms with Crippen molar-refractivity contribution in [2.24, 2.45) is 13.0 Å². The predicted molar refractivity (Wildman–Crippen MR) is 57.4 cm³/mol. The lowest BCUT2D eigenvalue weighted by Crippen LogP contribution is -2.18. The summed E-state index contributed by atoms with van der Waals surface area (Å²) in [7, 11) is 1.83. The third-order valence-corrected chi connectivity index (χ3v) is 2.62. The van der Waals surface area contributed by atoms with Gasteiger partial charge in [-0.15, -0.1) is 0 Å². The van der Waals surface area contributed by atoms with E-state index in [2.05, 4.69) is 15.7 Å². The summed E-state index contributed by atoms with van der Waals surface area (Å²) in [5.74, 6) is 1.17. The highest BCUT2D eigenvalue weighted by atomic mass is 16.1. The van der Waals surface area contributed by atoms with Crippen molar-refractivity contribution in [3.63, 3.8) is 0 Å². The molecule has 5 nitrogen and oxygen atoms in total. The third-order valence-electron chi connectivity index (χ3n) is 2.62. The summed E-state index contributed by atoms with van der Waals surface area (Å²) in [5, 5.41) is 10.1. The third kappa shape index (κ3) is 2.79. The van der Waals surface area contributed by atoms with Gasteiger partial charge in [0, 0.05) is 25.7 Å². The van der Waals surface area contributed by atoms with Crippen LogP contribution in [0.15, 0.2) is 12.3 Å². The summed E-state index contributed by atoms with van der Waals surface area (Å²) < 4.78 is 1.67. The van der Waals surface area contributed by atoms with E-state index < -0.39 is 0 Å². The van der Waals surface area contributed by atoms with Crippen LogP contribution >= 0.6 is 0 Å². The van der Waals surface area contributed by atoms with Gasteiger partial charge in [-0.3, -0.25) is 9.48 Å². The van der Waals surface area contributed by atoms with E-state index in [9.17, 15) is 4.79 Å². The summed E-state index contributed by atoms with van der Waals surface area (Å²) in [5.41, 5.74) is 0. The number of hydrogen-bond acceptors (Lipinski definition) is 3. The molecule has 0 saturated carbocycles. The van der Waals surface area contributed by atoms with Crippen LogP contribution < -0.4 is 10.6 Å². The predicted octanol–water partition coefficient (Wildman–Crippen LogP) is 0.358. The molecule has 2 rings (SSSR count). The fourth-order valence-corrected chi connectivity index (χ4v) is 1.83. The number of carbonyl (C=O) groups excluding carboxylic acids is 1. The SMILES string of the molecule is Cn1ccc(NC(=O)CC2CCNC2)n1. The number of nitrogens with zero attached hydrogens (tertiary/aromatic N) is 2. The van der Waals surface area contributed by atoms with Gasteiger partial charge < -0.3 is 10.6 Å². The molecule has 1 aromatic heterocycles. The normalized spacial score (nSPS) is 20.5. The minimum Gasteiger partial charge on any atom is -0.316 e. The van der Waals surface area contributed by atoms with Crippen molar-refractivity contribution in [2.75, 3.05) is 18.4 Å². The topological polar surface area (TPSA) is 59.0 Å². The number of carbonyl (C=O) groups is 1. The minimum atomic E-state index is 0.0578. The molecule has 2 heterocycles. The lowest BCUT2D eigenvalue weighted by atomic mass is 10.0. The van der Waals surface area contributed by atoms with Crippen LogP contribution in [0.5, 0.6) is 0 Å². The molecule has 1 fully saturated rings. The van der Waals surface area contributed by atoms with Gasteiger partial charge >= 0.3 is 0 Å². The molecule has 1 aromatic rings. The van der Waals surface area contributed by atoms with E-state index in [1.165, 1.54) is 0 Å². The van der Waals surface area contributed by atoms with Crippen LogP contribution in [0.2, 0.25) is 0 Å². The number of amides is 1. The smallest absolute Gasteiger partial charge is 0.225 e. The molecule has 1 amide bonds. The summed E-state index contributed by atoms with van der Waals surface area (Å²) in [4.78, 5) is 11.6. The van der Waals surface area contributed by atoms with Crippen LogP contribution in [-0.2, 0) is 11.8 Å². The first-order chi connectivity index (χ1) is 7.24. The Bertz CT molecular complexity index is 341. The molecular formula is C10H16N4O.